The van der Waals surface area contributed by atoms with E-state index in [-0.39, 0.29) is 0 Å². The molecule has 0 saturated heterocycles. The summed E-state index contributed by atoms with van der Waals surface area (Å²) in [5.74, 6) is 0.355. The largest absolute Gasteiger partial charge is 0.351 e. The molecule has 1 aliphatic rings. The summed E-state index contributed by atoms with van der Waals surface area (Å²) in [6.45, 7) is 5.16. The molecule has 2 rings (SSSR count). The van der Waals surface area contributed by atoms with Crippen molar-refractivity contribution in [1.82, 2.24) is 9.55 Å². The van der Waals surface area contributed by atoms with Crippen molar-refractivity contribution in [2.45, 2.75) is 38.8 Å². The van der Waals surface area contributed by atoms with Crippen molar-refractivity contribution in [3.8, 4) is 0 Å². The minimum atomic E-state index is -0.394. The first-order chi connectivity index (χ1) is 8.83. The number of nitrogens with zero attached hydrogens (tertiary/aromatic N) is 2. The van der Waals surface area contributed by atoms with Crippen LogP contribution in [0, 0.1) is 5.92 Å². The molecule has 0 N–H and O–H groups in total. The first-order valence-corrected chi connectivity index (χ1v) is 6.82. The second kappa shape index (κ2) is 6.01. The Balaban J connectivity index is 2.27. The highest BCUT2D eigenvalue weighted by Crippen LogP contribution is 2.35. The number of rotatable bonds is 6. The molecule has 0 amide bonds. The Morgan fingerprint density at radius 1 is 1.33 bits per heavy atom. The third kappa shape index (κ3) is 2.41. The fourth-order valence-electron chi connectivity index (χ4n) is 2.43. The van der Waals surface area contributed by atoms with Crippen LogP contribution in [0.3, 0.4) is 0 Å². The molecule has 1 aromatic heterocycles. The summed E-state index contributed by atoms with van der Waals surface area (Å²) in [5.41, 5.74) is -0.394. The Kier molecular flexibility index (Phi) is 4.37. The molecule has 0 fully saturated rings. The Hall–Kier alpha value is -1.35. The number of imidazole rings is 1. The maximum absolute atomic E-state index is 6.24. The number of hydrogen-bond donors (Lipinski definition) is 0. The second-order valence-corrected chi connectivity index (χ2v) is 4.68. The van der Waals surface area contributed by atoms with Gasteiger partial charge in [0.2, 0.25) is 0 Å². The first-order valence-electron chi connectivity index (χ1n) is 6.82. The summed E-state index contributed by atoms with van der Waals surface area (Å²) in [4.78, 5) is 4.16. The summed E-state index contributed by atoms with van der Waals surface area (Å²) in [5, 5.41) is 0. The smallest absolute Gasteiger partial charge is 0.171 e. The summed E-state index contributed by atoms with van der Waals surface area (Å²) >= 11 is 0. The van der Waals surface area contributed by atoms with E-state index in [1.807, 2.05) is 18.7 Å². The molecule has 0 spiro atoms. The van der Waals surface area contributed by atoms with Gasteiger partial charge in [0.1, 0.15) is 0 Å². The van der Waals surface area contributed by atoms with Gasteiger partial charge >= 0.3 is 0 Å². The van der Waals surface area contributed by atoms with Gasteiger partial charge in [0.05, 0.1) is 6.33 Å². The molecular formula is C15H22N2O. The van der Waals surface area contributed by atoms with E-state index >= 15 is 0 Å². The van der Waals surface area contributed by atoms with Crippen LogP contribution < -0.4 is 0 Å². The predicted octanol–water partition coefficient (Wildman–Crippen LogP) is 3.50. The van der Waals surface area contributed by atoms with Crippen molar-refractivity contribution in [2.75, 3.05) is 6.61 Å². The monoisotopic (exact) mass is 246 g/mol. The highest BCUT2D eigenvalue weighted by molar-refractivity contribution is 5.20. The van der Waals surface area contributed by atoms with Crippen molar-refractivity contribution >= 4 is 0 Å². The lowest BCUT2D eigenvalue weighted by molar-refractivity contribution is -0.101. The molecule has 0 aromatic carbocycles. The van der Waals surface area contributed by atoms with Crippen LogP contribution in [-0.4, -0.2) is 16.2 Å². The Morgan fingerprint density at radius 3 is 2.89 bits per heavy atom. The van der Waals surface area contributed by atoms with Crippen molar-refractivity contribution in [3.05, 3.63) is 43.0 Å². The summed E-state index contributed by atoms with van der Waals surface area (Å²) in [6.07, 6.45) is 17.5. The van der Waals surface area contributed by atoms with E-state index in [1.165, 1.54) is 0 Å². The van der Waals surface area contributed by atoms with Crippen LogP contribution in [0.15, 0.2) is 43.0 Å². The molecule has 18 heavy (non-hydrogen) atoms. The van der Waals surface area contributed by atoms with Gasteiger partial charge in [-0.2, -0.15) is 0 Å². The lowest BCUT2D eigenvalue weighted by Crippen LogP contribution is -2.42. The Labute approximate surface area is 109 Å². The normalized spacial score (nSPS) is 26.7. The first kappa shape index (κ1) is 13.1. The van der Waals surface area contributed by atoms with Gasteiger partial charge in [-0.05, 0) is 18.9 Å². The fraction of sp³-hybridized carbons (Fsp3) is 0.533. The Morgan fingerprint density at radius 2 is 2.22 bits per heavy atom. The topological polar surface area (TPSA) is 27.1 Å². The molecule has 1 aliphatic carbocycles. The lowest BCUT2D eigenvalue weighted by atomic mass is 9.88. The van der Waals surface area contributed by atoms with Gasteiger partial charge in [0.15, 0.2) is 5.72 Å². The van der Waals surface area contributed by atoms with E-state index in [9.17, 15) is 0 Å². The molecule has 1 aromatic rings. The zero-order valence-corrected chi connectivity index (χ0v) is 11.2. The van der Waals surface area contributed by atoms with Crippen molar-refractivity contribution < 1.29 is 4.74 Å². The van der Waals surface area contributed by atoms with E-state index in [0.717, 1.165) is 25.9 Å². The highest BCUT2D eigenvalue weighted by atomic mass is 16.5. The van der Waals surface area contributed by atoms with Crippen LogP contribution in [0.5, 0.6) is 0 Å². The van der Waals surface area contributed by atoms with Crippen LogP contribution >= 0.6 is 0 Å². The van der Waals surface area contributed by atoms with Crippen molar-refractivity contribution in [2.24, 2.45) is 5.92 Å². The molecule has 3 heteroatoms. The van der Waals surface area contributed by atoms with E-state index in [2.05, 4.69) is 47.7 Å². The molecule has 3 nitrogen and oxygen atoms in total. The van der Waals surface area contributed by atoms with Gasteiger partial charge in [0.25, 0.3) is 0 Å². The molecule has 0 radical (unpaired) electrons. The number of hydrogen-bond acceptors (Lipinski definition) is 2. The fourth-order valence-corrected chi connectivity index (χ4v) is 2.43. The maximum Gasteiger partial charge on any atom is 0.171 e. The maximum atomic E-state index is 6.24. The minimum Gasteiger partial charge on any atom is -0.351 e. The number of aromatic nitrogens is 2. The van der Waals surface area contributed by atoms with Crippen LogP contribution in [0.4, 0.5) is 0 Å². The number of allylic oxidation sites excluding steroid dienone is 2. The third-order valence-electron chi connectivity index (χ3n) is 3.50. The van der Waals surface area contributed by atoms with Crippen LogP contribution in [0.25, 0.3) is 0 Å². The standard InChI is InChI=1S/C15H22N2O/c1-3-5-12-18-15(17-11-10-16-13-17)9-7-6-8-14(15)4-2/h6-11,13-14H,3-5,12H2,1-2H3. The van der Waals surface area contributed by atoms with Gasteiger partial charge in [-0.3, -0.25) is 0 Å². The molecule has 0 bridgehead atoms. The van der Waals surface area contributed by atoms with Gasteiger partial charge in [-0.15, -0.1) is 0 Å². The minimum absolute atomic E-state index is 0.355. The van der Waals surface area contributed by atoms with E-state index < -0.39 is 5.72 Å². The molecule has 0 aliphatic heterocycles. The van der Waals surface area contributed by atoms with Gasteiger partial charge in [0, 0.05) is 24.9 Å². The molecule has 2 atom stereocenters. The number of unbranched alkanes of at least 4 members (excludes halogenated alkanes) is 1. The average molecular weight is 246 g/mol. The van der Waals surface area contributed by atoms with Crippen molar-refractivity contribution in [1.29, 1.82) is 0 Å². The molecular weight excluding hydrogens is 224 g/mol. The molecule has 98 valence electrons. The third-order valence-corrected chi connectivity index (χ3v) is 3.50. The second-order valence-electron chi connectivity index (χ2n) is 4.68. The van der Waals surface area contributed by atoms with Gasteiger partial charge < -0.3 is 9.30 Å². The lowest BCUT2D eigenvalue weighted by Gasteiger charge is -2.39. The summed E-state index contributed by atoms with van der Waals surface area (Å²) in [6, 6.07) is 0. The van der Waals surface area contributed by atoms with E-state index in [1.54, 1.807) is 0 Å². The van der Waals surface area contributed by atoms with E-state index in [4.69, 9.17) is 4.74 Å². The van der Waals surface area contributed by atoms with Crippen LogP contribution in [0.1, 0.15) is 33.1 Å². The average Bonchev–Trinajstić information content (AvgIpc) is 2.94. The van der Waals surface area contributed by atoms with Gasteiger partial charge in [-0.1, -0.05) is 38.5 Å². The number of ether oxygens (including phenoxy) is 1. The summed E-state index contributed by atoms with van der Waals surface area (Å²) < 4.78 is 8.32. The van der Waals surface area contributed by atoms with E-state index in [0.29, 0.717) is 5.92 Å². The molecule has 2 unspecified atom stereocenters. The predicted molar refractivity (Wildman–Crippen MR) is 73.1 cm³/mol. The van der Waals surface area contributed by atoms with Crippen LogP contribution in [-0.2, 0) is 10.5 Å². The van der Waals surface area contributed by atoms with Gasteiger partial charge in [-0.25, -0.2) is 4.98 Å². The zero-order valence-electron chi connectivity index (χ0n) is 11.2. The van der Waals surface area contributed by atoms with Crippen molar-refractivity contribution in [3.63, 3.8) is 0 Å². The molecule has 1 heterocycles. The highest BCUT2D eigenvalue weighted by Gasteiger charge is 2.37. The summed E-state index contributed by atoms with van der Waals surface area (Å²) in [7, 11) is 0. The zero-order chi connectivity index (χ0) is 12.8. The quantitative estimate of drug-likeness (QED) is 0.718. The molecule has 0 saturated carbocycles. The Bertz CT molecular complexity index is 408. The SMILES string of the molecule is CCCCOC1(n2ccnc2)C=CC=CC1CC. The van der Waals surface area contributed by atoms with Crippen LogP contribution in [0.2, 0.25) is 0 Å².